The number of nitrogens with zero attached hydrogens (tertiary/aromatic N) is 2. The fourth-order valence-corrected chi connectivity index (χ4v) is 2.71. The number of nitrogens with one attached hydrogen (secondary N) is 2. The summed E-state index contributed by atoms with van der Waals surface area (Å²) < 4.78 is 0. The van der Waals surface area contributed by atoms with E-state index in [4.69, 9.17) is 12.2 Å². The van der Waals surface area contributed by atoms with Crippen LogP contribution >= 0.6 is 12.2 Å². The Morgan fingerprint density at radius 1 is 1.12 bits per heavy atom. The van der Waals surface area contributed by atoms with Crippen molar-refractivity contribution in [2.75, 3.05) is 23.3 Å². The van der Waals surface area contributed by atoms with Gasteiger partial charge in [-0.3, -0.25) is 20.2 Å². The first-order chi connectivity index (χ1) is 12.5. The minimum Gasteiger partial charge on any atom is -0.372 e. The topological polar surface area (TPSA) is 87.5 Å². The molecule has 0 unspecified atom stereocenters. The maximum atomic E-state index is 12.2. The van der Waals surface area contributed by atoms with E-state index >= 15 is 0 Å². The predicted octanol–water partition coefficient (Wildman–Crippen LogP) is 3.57. The second kappa shape index (κ2) is 8.91. The van der Waals surface area contributed by atoms with Gasteiger partial charge in [0.05, 0.1) is 4.92 Å². The smallest absolute Gasteiger partial charge is 0.282 e. The molecule has 0 bridgehead atoms. The fraction of sp³-hybridized carbons (Fsp3) is 0.222. The Bertz CT molecular complexity index is 804. The van der Waals surface area contributed by atoms with E-state index < -0.39 is 10.8 Å². The molecule has 0 heterocycles. The van der Waals surface area contributed by atoms with E-state index in [-0.39, 0.29) is 16.4 Å². The second-order valence-corrected chi connectivity index (χ2v) is 5.81. The van der Waals surface area contributed by atoms with Crippen LogP contribution < -0.4 is 15.5 Å². The molecular formula is C18H20N4O3S. The molecule has 0 saturated heterocycles. The van der Waals surface area contributed by atoms with E-state index in [1.807, 2.05) is 24.3 Å². The van der Waals surface area contributed by atoms with Crippen LogP contribution in [0.15, 0.2) is 48.5 Å². The summed E-state index contributed by atoms with van der Waals surface area (Å²) in [5.41, 5.74) is 1.50. The number of benzene rings is 2. The van der Waals surface area contributed by atoms with E-state index in [0.717, 1.165) is 18.8 Å². The largest absolute Gasteiger partial charge is 0.372 e. The molecule has 0 spiro atoms. The van der Waals surface area contributed by atoms with Gasteiger partial charge in [-0.2, -0.15) is 0 Å². The molecule has 0 radical (unpaired) electrons. The molecular weight excluding hydrogens is 352 g/mol. The average molecular weight is 372 g/mol. The van der Waals surface area contributed by atoms with Gasteiger partial charge in [0, 0.05) is 30.5 Å². The Morgan fingerprint density at radius 3 is 2.31 bits per heavy atom. The van der Waals surface area contributed by atoms with Crippen molar-refractivity contribution in [3.63, 3.8) is 0 Å². The monoisotopic (exact) mass is 372 g/mol. The van der Waals surface area contributed by atoms with Crippen LogP contribution in [0.3, 0.4) is 0 Å². The molecule has 136 valence electrons. The van der Waals surface area contributed by atoms with E-state index in [0.29, 0.717) is 5.69 Å². The number of carbonyl (C=O) groups is 1. The maximum absolute atomic E-state index is 12.2. The fourth-order valence-electron chi connectivity index (χ4n) is 2.50. The second-order valence-electron chi connectivity index (χ2n) is 5.40. The number of nitro groups is 1. The molecule has 8 heteroatoms. The lowest BCUT2D eigenvalue weighted by Crippen LogP contribution is -2.34. The SMILES string of the molecule is CCN(CC)c1ccc(NC(=S)NC(=O)c2ccccc2[N+](=O)[O-])cc1. The molecule has 2 aromatic carbocycles. The lowest BCUT2D eigenvalue weighted by molar-refractivity contribution is -0.385. The Hall–Kier alpha value is -3.00. The van der Waals surface area contributed by atoms with Crippen LogP contribution in [0.4, 0.5) is 17.1 Å². The highest BCUT2D eigenvalue weighted by molar-refractivity contribution is 7.80. The summed E-state index contributed by atoms with van der Waals surface area (Å²) in [6.45, 7) is 5.99. The van der Waals surface area contributed by atoms with Gasteiger partial charge >= 0.3 is 0 Å². The molecule has 0 aliphatic heterocycles. The van der Waals surface area contributed by atoms with Crippen LogP contribution in [0, 0.1) is 10.1 Å². The van der Waals surface area contributed by atoms with Crippen molar-refractivity contribution >= 4 is 40.3 Å². The van der Waals surface area contributed by atoms with Crippen LogP contribution in [-0.4, -0.2) is 29.0 Å². The van der Waals surface area contributed by atoms with Gasteiger partial charge < -0.3 is 10.2 Å². The predicted molar refractivity (Wildman–Crippen MR) is 107 cm³/mol. The van der Waals surface area contributed by atoms with E-state index in [9.17, 15) is 14.9 Å². The number of anilines is 2. The van der Waals surface area contributed by atoms with E-state index in [1.54, 1.807) is 6.07 Å². The summed E-state index contributed by atoms with van der Waals surface area (Å²) in [6.07, 6.45) is 0. The molecule has 2 aromatic rings. The first kappa shape index (κ1) is 19.3. The van der Waals surface area contributed by atoms with Gasteiger partial charge in [0.1, 0.15) is 5.56 Å². The highest BCUT2D eigenvalue weighted by Gasteiger charge is 2.19. The van der Waals surface area contributed by atoms with Gasteiger partial charge in [-0.25, -0.2) is 0 Å². The normalized spacial score (nSPS) is 10.1. The van der Waals surface area contributed by atoms with Gasteiger partial charge in [0.2, 0.25) is 0 Å². The van der Waals surface area contributed by atoms with Crippen LogP contribution in [0.25, 0.3) is 0 Å². The Morgan fingerprint density at radius 2 is 1.73 bits per heavy atom. The summed E-state index contributed by atoms with van der Waals surface area (Å²) in [6, 6.07) is 13.4. The quantitative estimate of drug-likeness (QED) is 0.458. The molecule has 0 saturated carbocycles. The van der Waals surface area contributed by atoms with Crippen LogP contribution in [0.1, 0.15) is 24.2 Å². The zero-order valence-electron chi connectivity index (χ0n) is 14.6. The third-order valence-electron chi connectivity index (χ3n) is 3.83. The number of amides is 1. The van der Waals surface area contributed by atoms with Gasteiger partial charge in [-0.15, -0.1) is 0 Å². The number of thiocarbonyl (C=S) groups is 1. The lowest BCUT2D eigenvalue weighted by Gasteiger charge is -2.21. The van der Waals surface area contributed by atoms with Gasteiger partial charge in [-0.05, 0) is 56.4 Å². The van der Waals surface area contributed by atoms with Crippen molar-refractivity contribution in [3.8, 4) is 0 Å². The minimum absolute atomic E-state index is 0.0430. The van der Waals surface area contributed by atoms with Crippen molar-refractivity contribution in [3.05, 3.63) is 64.2 Å². The van der Waals surface area contributed by atoms with Crippen LogP contribution in [-0.2, 0) is 0 Å². The molecule has 7 nitrogen and oxygen atoms in total. The molecule has 0 atom stereocenters. The minimum atomic E-state index is -0.630. The first-order valence-corrected chi connectivity index (χ1v) is 8.57. The molecule has 2 rings (SSSR count). The van der Waals surface area contributed by atoms with Crippen molar-refractivity contribution in [2.24, 2.45) is 0 Å². The molecule has 0 aliphatic rings. The van der Waals surface area contributed by atoms with Gasteiger partial charge in [0.25, 0.3) is 11.6 Å². The third kappa shape index (κ3) is 4.76. The number of rotatable bonds is 6. The number of nitro benzene ring substituents is 1. The van der Waals surface area contributed by atoms with Crippen molar-refractivity contribution in [1.29, 1.82) is 0 Å². The maximum Gasteiger partial charge on any atom is 0.282 e. The molecule has 26 heavy (non-hydrogen) atoms. The Kier molecular flexibility index (Phi) is 6.62. The summed E-state index contributed by atoms with van der Waals surface area (Å²) in [4.78, 5) is 24.9. The standard InChI is InChI=1S/C18H20N4O3S/c1-3-21(4-2)14-11-9-13(10-12-14)19-18(26)20-17(23)15-7-5-6-8-16(15)22(24)25/h5-12H,3-4H2,1-2H3,(H2,19,20,23,26). The van der Waals surface area contributed by atoms with Crippen molar-refractivity contribution in [2.45, 2.75) is 13.8 Å². The van der Waals surface area contributed by atoms with Crippen molar-refractivity contribution < 1.29 is 9.72 Å². The molecule has 0 aromatic heterocycles. The zero-order valence-corrected chi connectivity index (χ0v) is 15.4. The van der Waals surface area contributed by atoms with Crippen LogP contribution in [0.5, 0.6) is 0 Å². The average Bonchev–Trinajstić information content (AvgIpc) is 2.64. The number of hydrogen-bond acceptors (Lipinski definition) is 5. The van der Waals surface area contributed by atoms with Gasteiger partial charge in [0.15, 0.2) is 5.11 Å². The summed E-state index contributed by atoms with van der Waals surface area (Å²) in [5.74, 6) is -0.630. The van der Waals surface area contributed by atoms with Gasteiger partial charge in [-0.1, -0.05) is 12.1 Å². The molecule has 2 N–H and O–H groups in total. The highest BCUT2D eigenvalue weighted by Crippen LogP contribution is 2.19. The zero-order chi connectivity index (χ0) is 19.1. The molecule has 0 aliphatic carbocycles. The number of hydrogen-bond donors (Lipinski definition) is 2. The molecule has 1 amide bonds. The highest BCUT2D eigenvalue weighted by atomic mass is 32.1. The number of para-hydroxylation sites is 1. The number of carbonyl (C=O) groups excluding carboxylic acids is 1. The van der Waals surface area contributed by atoms with Crippen molar-refractivity contribution in [1.82, 2.24) is 5.32 Å². The van der Waals surface area contributed by atoms with E-state index in [2.05, 4.69) is 29.4 Å². The molecule has 0 fully saturated rings. The summed E-state index contributed by atoms with van der Waals surface area (Å²) in [7, 11) is 0. The first-order valence-electron chi connectivity index (χ1n) is 8.17. The Labute approximate surface area is 157 Å². The summed E-state index contributed by atoms with van der Waals surface area (Å²) >= 11 is 5.13. The Balaban J connectivity index is 2.03. The summed E-state index contributed by atoms with van der Waals surface area (Å²) in [5, 5.41) is 16.5. The lowest BCUT2D eigenvalue weighted by atomic mass is 10.1. The van der Waals surface area contributed by atoms with E-state index in [1.165, 1.54) is 18.2 Å². The van der Waals surface area contributed by atoms with Crippen LogP contribution in [0.2, 0.25) is 0 Å². The third-order valence-corrected chi connectivity index (χ3v) is 4.03.